The smallest absolute Gasteiger partial charge is 0.0543 e. The van der Waals surface area contributed by atoms with E-state index in [1.54, 1.807) is 0 Å². The van der Waals surface area contributed by atoms with Gasteiger partial charge in [0.25, 0.3) is 0 Å². The summed E-state index contributed by atoms with van der Waals surface area (Å²) >= 11 is 1.85. The third-order valence-electron chi connectivity index (χ3n) is 1.42. The maximum Gasteiger partial charge on any atom is 0.0543 e. The first-order valence-electron chi connectivity index (χ1n) is 3.98. The zero-order chi connectivity index (χ0) is 7.82. The van der Waals surface area contributed by atoms with Crippen LogP contribution in [0.1, 0.15) is 33.6 Å². The average Bonchev–Trinajstić information content (AvgIpc) is 1.99. The molecule has 0 spiro atoms. The van der Waals surface area contributed by atoms with E-state index in [0.717, 1.165) is 11.8 Å². The van der Waals surface area contributed by atoms with Gasteiger partial charge in [0, 0.05) is 11.8 Å². The molecule has 0 atom stereocenters. The lowest BCUT2D eigenvalue weighted by molar-refractivity contribution is 0.796. The van der Waals surface area contributed by atoms with Gasteiger partial charge in [0.05, 0.1) is 5.55 Å². The molecule has 0 rings (SSSR count). The Balaban J connectivity index is 3.34. The summed E-state index contributed by atoms with van der Waals surface area (Å²) in [6, 6.07) is 0. The largest absolute Gasteiger partial charge is 0.287 e. The van der Waals surface area contributed by atoms with Crippen molar-refractivity contribution in [2.24, 2.45) is 4.99 Å². The van der Waals surface area contributed by atoms with Crippen molar-refractivity contribution in [1.29, 1.82) is 0 Å². The number of rotatable bonds is 5. The minimum atomic E-state index is 0.773. The van der Waals surface area contributed by atoms with Crippen LogP contribution >= 0.6 is 11.8 Å². The van der Waals surface area contributed by atoms with Gasteiger partial charge in [-0.05, 0) is 19.8 Å². The standard InChI is InChI=1S/C8H17NS/c1-4-8(5-2)10-7-9-6-3/h7-8H,4-6H2,1-3H3/b9-7-. The maximum absolute atomic E-state index is 4.15. The predicted octanol–water partition coefficient (Wildman–Crippen LogP) is 2.96. The Morgan fingerprint density at radius 2 is 1.90 bits per heavy atom. The Hall–Kier alpha value is 0.0200. The van der Waals surface area contributed by atoms with Crippen molar-refractivity contribution in [3.63, 3.8) is 0 Å². The van der Waals surface area contributed by atoms with Crippen molar-refractivity contribution in [2.45, 2.75) is 38.9 Å². The molecule has 0 amide bonds. The molecule has 0 radical (unpaired) electrons. The van der Waals surface area contributed by atoms with E-state index in [1.807, 2.05) is 17.3 Å². The molecule has 0 aromatic heterocycles. The fourth-order valence-corrected chi connectivity index (χ4v) is 1.48. The van der Waals surface area contributed by atoms with E-state index in [-0.39, 0.29) is 0 Å². The van der Waals surface area contributed by atoms with E-state index in [2.05, 4.69) is 25.8 Å². The van der Waals surface area contributed by atoms with Gasteiger partial charge in [0.1, 0.15) is 0 Å². The second-order valence-corrected chi connectivity index (χ2v) is 3.33. The zero-order valence-electron chi connectivity index (χ0n) is 7.13. The minimum Gasteiger partial charge on any atom is -0.287 e. The molecule has 0 aliphatic heterocycles. The molecule has 0 aromatic rings. The highest BCUT2D eigenvalue weighted by molar-refractivity contribution is 8.12. The summed E-state index contributed by atoms with van der Waals surface area (Å²) in [5, 5.41) is 0.773. The lowest BCUT2D eigenvalue weighted by Crippen LogP contribution is -1.96. The third kappa shape index (κ3) is 4.86. The van der Waals surface area contributed by atoms with Crippen LogP contribution in [0.15, 0.2) is 4.99 Å². The van der Waals surface area contributed by atoms with Crippen LogP contribution in [-0.2, 0) is 0 Å². The van der Waals surface area contributed by atoms with Crippen LogP contribution in [0, 0.1) is 0 Å². The second-order valence-electron chi connectivity index (χ2n) is 2.18. The van der Waals surface area contributed by atoms with E-state index in [1.165, 1.54) is 12.8 Å². The summed E-state index contributed by atoms with van der Waals surface area (Å²) in [7, 11) is 0. The van der Waals surface area contributed by atoms with Gasteiger partial charge in [-0.2, -0.15) is 0 Å². The van der Waals surface area contributed by atoms with E-state index in [4.69, 9.17) is 0 Å². The first-order chi connectivity index (χ1) is 4.85. The van der Waals surface area contributed by atoms with Crippen molar-refractivity contribution >= 4 is 17.3 Å². The molecule has 0 saturated heterocycles. The number of nitrogens with zero attached hydrogens (tertiary/aromatic N) is 1. The highest BCUT2D eigenvalue weighted by Gasteiger charge is 1.99. The molecule has 2 heteroatoms. The van der Waals surface area contributed by atoms with Crippen molar-refractivity contribution in [1.82, 2.24) is 0 Å². The molecular weight excluding hydrogens is 142 g/mol. The Morgan fingerprint density at radius 3 is 2.30 bits per heavy atom. The third-order valence-corrected chi connectivity index (χ3v) is 2.74. The molecule has 0 aromatic carbocycles. The average molecular weight is 159 g/mol. The van der Waals surface area contributed by atoms with Crippen molar-refractivity contribution in [2.75, 3.05) is 6.54 Å². The predicted molar refractivity (Wildman–Crippen MR) is 51.0 cm³/mol. The molecule has 0 aliphatic rings. The lowest BCUT2D eigenvalue weighted by atomic mass is 10.3. The van der Waals surface area contributed by atoms with Gasteiger partial charge in [-0.15, -0.1) is 11.8 Å². The zero-order valence-corrected chi connectivity index (χ0v) is 7.95. The molecule has 10 heavy (non-hydrogen) atoms. The van der Waals surface area contributed by atoms with Gasteiger partial charge in [-0.1, -0.05) is 13.8 Å². The van der Waals surface area contributed by atoms with Gasteiger partial charge < -0.3 is 0 Å². The fraction of sp³-hybridized carbons (Fsp3) is 0.875. The van der Waals surface area contributed by atoms with E-state index in [9.17, 15) is 0 Å². The molecule has 0 N–H and O–H groups in total. The monoisotopic (exact) mass is 159 g/mol. The minimum absolute atomic E-state index is 0.773. The van der Waals surface area contributed by atoms with Gasteiger partial charge >= 0.3 is 0 Å². The van der Waals surface area contributed by atoms with Crippen LogP contribution in [0.25, 0.3) is 0 Å². The van der Waals surface area contributed by atoms with Crippen LogP contribution in [0.4, 0.5) is 0 Å². The molecule has 0 fully saturated rings. The Labute approximate surface area is 68.3 Å². The topological polar surface area (TPSA) is 12.4 Å². The van der Waals surface area contributed by atoms with Gasteiger partial charge in [-0.25, -0.2) is 0 Å². The summed E-state index contributed by atoms with van der Waals surface area (Å²) in [5.74, 6) is 0. The molecule has 60 valence electrons. The summed E-state index contributed by atoms with van der Waals surface area (Å²) < 4.78 is 0. The van der Waals surface area contributed by atoms with Crippen LogP contribution < -0.4 is 0 Å². The maximum atomic E-state index is 4.15. The van der Waals surface area contributed by atoms with Crippen LogP contribution in [0.2, 0.25) is 0 Å². The Bertz CT molecular complexity index is 87.3. The van der Waals surface area contributed by atoms with Crippen molar-refractivity contribution < 1.29 is 0 Å². The first-order valence-corrected chi connectivity index (χ1v) is 4.93. The molecule has 0 saturated carbocycles. The quantitative estimate of drug-likeness (QED) is 0.444. The van der Waals surface area contributed by atoms with Gasteiger partial charge in [0.15, 0.2) is 0 Å². The molecule has 1 nitrogen and oxygen atoms in total. The highest BCUT2D eigenvalue weighted by atomic mass is 32.2. The van der Waals surface area contributed by atoms with Crippen LogP contribution in [0.5, 0.6) is 0 Å². The van der Waals surface area contributed by atoms with Gasteiger partial charge in [0.2, 0.25) is 0 Å². The van der Waals surface area contributed by atoms with E-state index in [0.29, 0.717) is 0 Å². The van der Waals surface area contributed by atoms with Crippen LogP contribution in [-0.4, -0.2) is 17.3 Å². The van der Waals surface area contributed by atoms with Crippen molar-refractivity contribution in [3.8, 4) is 0 Å². The number of hydrogen-bond donors (Lipinski definition) is 0. The second kappa shape index (κ2) is 7.13. The molecule has 0 unspecified atom stereocenters. The summed E-state index contributed by atoms with van der Waals surface area (Å²) in [6.07, 6.45) is 2.49. The summed E-state index contributed by atoms with van der Waals surface area (Å²) in [5.41, 5.74) is 1.98. The molecular formula is C8H17NS. The Kier molecular flexibility index (Phi) is 7.15. The number of hydrogen-bond acceptors (Lipinski definition) is 2. The molecule has 0 aliphatic carbocycles. The molecule has 0 heterocycles. The number of thioether (sulfide) groups is 1. The van der Waals surface area contributed by atoms with Crippen molar-refractivity contribution in [3.05, 3.63) is 0 Å². The lowest BCUT2D eigenvalue weighted by Gasteiger charge is -2.06. The first kappa shape index (κ1) is 10.0. The number of aliphatic imine (C=N–C) groups is 1. The van der Waals surface area contributed by atoms with E-state index >= 15 is 0 Å². The SMILES string of the molecule is CC/N=C\SC(CC)CC. The fourth-order valence-electron chi connectivity index (χ4n) is 0.685. The summed E-state index contributed by atoms with van der Waals surface area (Å²) in [4.78, 5) is 4.15. The molecule has 0 bridgehead atoms. The summed E-state index contributed by atoms with van der Waals surface area (Å²) in [6.45, 7) is 7.42. The van der Waals surface area contributed by atoms with Crippen LogP contribution in [0.3, 0.4) is 0 Å². The van der Waals surface area contributed by atoms with E-state index < -0.39 is 0 Å². The van der Waals surface area contributed by atoms with Gasteiger partial charge in [-0.3, -0.25) is 4.99 Å². The normalized spacial score (nSPS) is 11.6. The Morgan fingerprint density at radius 1 is 1.30 bits per heavy atom. The highest BCUT2D eigenvalue weighted by Crippen LogP contribution is 2.14.